The molecule has 1 aromatic rings. The summed E-state index contributed by atoms with van der Waals surface area (Å²) in [6, 6.07) is 1.96. The Morgan fingerprint density at radius 1 is 1.32 bits per heavy atom. The highest BCUT2D eigenvalue weighted by Crippen LogP contribution is 2.38. The molecule has 1 heterocycles. The van der Waals surface area contributed by atoms with Gasteiger partial charge in [0.25, 0.3) is 0 Å². The van der Waals surface area contributed by atoms with Gasteiger partial charge in [-0.05, 0) is 51.4 Å². The topological polar surface area (TPSA) is 56.2 Å². The normalized spacial score (nSPS) is 12.1. The molecule has 0 unspecified atom stereocenters. The van der Waals surface area contributed by atoms with E-state index in [1.54, 1.807) is 4.68 Å². The standard InChI is InChI=1S/C16H27N3O2S/c1-11-10-12(2)19(18-11)14(22)17-8-9-21-13(20)16(6,7)15(3,4)5/h10H,8-9H2,1-7H3,(H,17,22). The molecule has 0 saturated heterocycles. The van der Waals surface area contributed by atoms with Gasteiger partial charge in [0.1, 0.15) is 6.61 Å². The van der Waals surface area contributed by atoms with Gasteiger partial charge in [0.05, 0.1) is 17.7 Å². The largest absolute Gasteiger partial charge is 0.463 e. The molecule has 0 bridgehead atoms. The average molecular weight is 325 g/mol. The summed E-state index contributed by atoms with van der Waals surface area (Å²) in [4.78, 5) is 12.2. The third-order valence-corrected chi connectivity index (χ3v) is 4.52. The Morgan fingerprint density at radius 2 is 1.91 bits per heavy atom. The summed E-state index contributed by atoms with van der Waals surface area (Å²) >= 11 is 5.28. The number of nitrogens with one attached hydrogen (secondary N) is 1. The quantitative estimate of drug-likeness (QED) is 0.524. The first kappa shape index (κ1) is 18.6. The van der Waals surface area contributed by atoms with Crippen molar-refractivity contribution in [2.24, 2.45) is 10.8 Å². The molecule has 0 aromatic carbocycles. The molecule has 0 aliphatic heterocycles. The third-order valence-electron chi connectivity index (χ3n) is 4.20. The lowest BCUT2D eigenvalue weighted by molar-refractivity contribution is -0.160. The second kappa shape index (κ2) is 6.77. The van der Waals surface area contributed by atoms with Crippen LogP contribution in [0.3, 0.4) is 0 Å². The monoisotopic (exact) mass is 325 g/mol. The van der Waals surface area contributed by atoms with Gasteiger partial charge in [-0.2, -0.15) is 5.10 Å². The number of aryl methyl sites for hydroxylation is 2. The first-order chi connectivity index (χ1) is 9.96. The smallest absolute Gasteiger partial charge is 0.312 e. The number of thiocarbonyl (C=S) groups is 1. The Morgan fingerprint density at radius 3 is 2.36 bits per heavy atom. The lowest BCUT2D eigenvalue weighted by Crippen LogP contribution is -2.40. The predicted octanol–water partition coefficient (Wildman–Crippen LogP) is 2.84. The van der Waals surface area contributed by atoms with E-state index in [1.807, 2.05) is 54.5 Å². The molecular weight excluding hydrogens is 298 g/mol. The molecule has 6 heteroatoms. The van der Waals surface area contributed by atoms with Gasteiger partial charge < -0.3 is 10.1 Å². The average Bonchev–Trinajstić information content (AvgIpc) is 2.71. The van der Waals surface area contributed by atoms with Gasteiger partial charge in [-0.3, -0.25) is 4.79 Å². The summed E-state index contributed by atoms with van der Waals surface area (Å²) in [7, 11) is 0. The van der Waals surface area contributed by atoms with Crippen molar-refractivity contribution in [1.29, 1.82) is 0 Å². The number of esters is 1. The molecule has 0 atom stereocenters. The Bertz CT molecular complexity index is 556. The maximum Gasteiger partial charge on any atom is 0.312 e. The van der Waals surface area contributed by atoms with Crippen LogP contribution < -0.4 is 5.32 Å². The number of carbonyl (C=O) groups excluding carboxylic acids is 1. The number of rotatable bonds is 4. The highest BCUT2D eigenvalue weighted by atomic mass is 32.1. The Kier molecular flexibility index (Phi) is 5.73. The minimum absolute atomic E-state index is 0.156. The summed E-state index contributed by atoms with van der Waals surface area (Å²) in [6.07, 6.45) is 0. The van der Waals surface area contributed by atoms with E-state index in [-0.39, 0.29) is 18.0 Å². The van der Waals surface area contributed by atoms with Gasteiger partial charge in [-0.25, -0.2) is 4.68 Å². The van der Waals surface area contributed by atoms with Crippen molar-refractivity contribution in [1.82, 2.24) is 15.1 Å². The molecule has 0 fully saturated rings. The van der Waals surface area contributed by atoms with Gasteiger partial charge in [-0.1, -0.05) is 20.8 Å². The van der Waals surface area contributed by atoms with Crippen molar-refractivity contribution >= 4 is 23.3 Å². The van der Waals surface area contributed by atoms with E-state index in [0.717, 1.165) is 11.4 Å². The first-order valence-electron chi connectivity index (χ1n) is 7.45. The zero-order chi connectivity index (χ0) is 17.1. The second-order valence-electron chi connectivity index (χ2n) is 7.08. The summed E-state index contributed by atoms with van der Waals surface area (Å²) in [5.74, 6) is -0.196. The van der Waals surface area contributed by atoms with Crippen molar-refractivity contribution in [2.45, 2.75) is 48.5 Å². The zero-order valence-corrected chi connectivity index (χ0v) is 15.4. The van der Waals surface area contributed by atoms with Crippen LogP contribution >= 0.6 is 12.2 Å². The molecule has 1 aromatic heterocycles. The van der Waals surface area contributed by atoms with Crippen LogP contribution in [0.5, 0.6) is 0 Å². The van der Waals surface area contributed by atoms with Crippen molar-refractivity contribution < 1.29 is 9.53 Å². The van der Waals surface area contributed by atoms with Crippen molar-refractivity contribution in [3.8, 4) is 0 Å². The van der Waals surface area contributed by atoms with Crippen molar-refractivity contribution in [2.75, 3.05) is 13.2 Å². The summed E-state index contributed by atoms with van der Waals surface area (Å²) < 4.78 is 7.04. The number of hydrogen-bond donors (Lipinski definition) is 1. The molecule has 0 aliphatic rings. The molecule has 22 heavy (non-hydrogen) atoms. The van der Waals surface area contributed by atoms with Crippen LogP contribution in [-0.2, 0) is 9.53 Å². The summed E-state index contributed by atoms with van der Waals surface area (Å²) in [5, 5.41) is 7.86. The summed E-state index contributed by atoms with van der Waals surface area (Å²) in [5.41, 5.74) is 1.19. The molecule has 0 radical (unpaired) electrons. The van der Waals surface area contributed by atoms with E-state index >= 15 is 0 Å². The van der Waals surface area contributed by atoms with E-state index < -0.39 is 5.41 Å². The fraction of sp³-hybridized carbons (Fsp3) is 0.688. The molecular formula is C16H27N3O2S. The van der Waals surface area contributed by atoms with E-state index in [2.05, 4.69) is 10.4 Å². The van der Waals surface area contributed by atoms with Gasteiger partial charge in [-0.15, -0.1) is 0 Å². The number of aromatic nitrogens is 2. The molecule has 0 aliphatic carbocycles. The molecule has 1 rings (SSSR count). The van der Waals surface area contributed by atoms with Crippen LogP contribution in [0.2, 0.25) is 0 Å². The minimum atomic E-state index is -0.538. The van der Waals surface area contributed by atoms with Crippen molar-refractivity contribution in [3.63, 3.8) is 0 Å². The van der Waals surface area contributed by atoms with Crippen LogP contribution in [0.1, 0.15) is 46.0 Å². The van der Waals surface area contributed by atoms with Gasteiger partial charge >= 0.3 is 5.97 Å². The fourth-order valence-corrected chi connectivity index (χ4v) is 1.98. The fourth-order valence-electron chi connectivity index (χ4n) is 1.70. The van der Waals surface area contributed by atoms with Gasteiger partial charge in [0, 0.05) is 5.69 Å². The lowest BCUT2D eigenvalue weighted by atomic mass is 9.69. The molecule has 5 nitrogen and oxygen atoms in total. The molecule has 124 valence electrons. The SMILES string of the molecule is Cc1cc(C)n(C(=S)NCCOC(=O)C(C)(C)C(C)(C)C)n1. The van der Waals surface area contributed by atoms with Crippen molar-refractivity contribution in [3.05, 3.63) is 17.5 Å². The van der Waals surface area contributed by atoms with E-state index in [9.17, 15) is 4.79 Å². The minimum Gasteiger partial charge on any atom is -0.463 e. The molecule has 1 N–H and O–H groups in total. The number of carbonyl (C=O) groups is 1. The van der Waals surface area contributed by atoms with E-state index in [0.29, 0.717) is 11.7 Å². The number of ether oxygens (including phenoxy) is 1. The van der Waals surface area contributed by atoms with Crippen LogP contribution in [0, 0.1) is 24.7 Å². The third kappa shape index (κ3) is 4.29. The van der Waals surface area contributed by atoms with E-state index in [1.165, 1.54) is 0 Å². The zero-order valence-electron chi connectivity index (χ0n) is 14.6. The van der Waals surface area contributed by atoms with Crippen LogP contribution in [-0.4, -0.2) is 34.0 Å². The molecule has 0 amide bonds. The predicted molar refractivity (Wildman–Crippen MR) is 91.9 cm³/mol. The van der Waals surface area contributed by atoms with E-state index in [4.69, 9.17) is 17.0 Å². The number of nitrogens with zero attached hydrogens (tertiary/aromatic N) is 2. The van der Waals surface area contributed by atoms with Crippen LogP contribution in [0.15, 0.2) is 6.07 Å². The first-order valence-corrected chi connectivity index (χ1v) is 7.86. The van der Waals surface area contributed by atoms with Crippen LogP contribution in [0.4, 0.5) is 0 Å². The highest BCUT2D eigenvalue weighted by Gasteiger charge is 2.41. The van der Waals surface area contributed by atoms with Gasteiger partial charge in [0.15, 0.2) is 5.11 Å². The second-order valence-corrected chi connectivity index (χ2v) is 7.47. The summed E-state index contributed by atoms with van der Waals surface area (Å²) in [6.45, 7) is 14.5. The maximum absolute atomic E-state index is 12.2. The van der Waals surface area contributed by atoms with Crippen LogP contribution in [0.25, 0.3) is 0 Å². The molecule has 0 spiro atoms. The van der Waals surface area contributed by atoms with Gasteiger partial charge in [0.2, 0.25) is 0 Å². The number of hydrogen-bond acceptors (Lipinski definition) is 4. The Hall–Kier alpha value is -1.43. The highest BCUT2D eigenvalue weighted by molar-refractivity contribution is 7.80. The Balaban J connectivity index is 2.44. The maximum atomic E-state index is 12.2. The molecule has 0 saturated carbocycles. The lowest BCUT2D eigenvalue weighted by Gasteiger charge is -2.36. The Labute approximate surface area is 138 Å².